The van der Waals surface area contributed by atoms with E-state index in [-0.39, 0.29) is 12.4 Å². The Morgan fingerprint density at radius 1 is 0.864 bits per heavy atom. The highest BCUT2D eigenvalue weighted by Gasteiger charge is 2.02. The van der Waals surface area contributed by atoms with E-state index in [1.165, 1.54) is 16.7 Å². The molecule has 2 N–H and O–H groups in total. The SMILES string of the molecule is Cl.NCCc1ccc(-c2cnn(Cc3ccccc3)c2)cc1. The first-order valence-electron chi connectivity index (χ1n) is 7.21. The topological polar surface area (TPSA) is 43.8 Å². The number of rotatable bonds is 5. The van der Waals surface area contributed by atoms with Gasteiger partial charge in [-0.15, -0.1) is 12.4 Å². The molecule has 0 aliphatic heterocycles. The average Bonchev–Trinajstić information content (AvgIpc) is 2.98. The molecule has 1 heterocycles. The Morgan fingerprint density at radius 2 is 1.59 bits per heavy atom. The molecule has 0 radical (unpaired) electrons. The molecule has 0 atom stereocenters. The zero-order valence-corrected chi connectivity index (χ0v) is 13.2. The summed E-state index contributed by atoms with van der Waals surface area (Å²) in [5, 5.41) is 4.44. The molecule has 1 aromatic heterocycles. The lowest BCUT2D eigenvalue weighted by atomic mass is 10.1. The molecule has 2 aromatic carbocycles. The quantitative estimate of drug-likeness (QED) is 0.783. The Bertz CT molecular complexity index is 690. The Morgan fingerprint density at radius 3 is 2.27 bits per heavy atom. The molecule has 22 heavy (non-hydrogen) atoms. The van der Waals surface area contributed by atoms with Gasteiger partial charge in [-0.1, -0.05) is 54.6 Å². The summed E-state index contributed by atoms with van der Waals surface area (Å²) in [6, 6.07) is 18.9. The standard InChI is InChI=1S/C18H19N3.ClH/c19-11-10-15-6-8-17(9-7-15)18-12-20-21(14-18)13-16-4-2-1-3-5-16;/h1-9,12,14H,10-11,13,19H2;1H. The summed E-state index contributed by atoms with van der Waals surface area (Å²) < 4.78 is 1.97. The lowest BCUT2D eigenvalue weighted by molar-refractivity contribution is 0.687. The van der Waals surface area contributed by atoms with Crippen LogP contribution in [0, 0.1) is 0 Å². The van der Waals surface area contributed by atoms with Gasteiger partial charge in [0.05, 0.1) is 12.7 Å². The van der Waals surface area contributed by atoms with E-state index >= 15 is 0 Å². The van der Waals surface area contributed by atoms with Crippen molar-refractivity contribution in [2.75, 3.05) is 6.54 Å². The molecule has 0 spiro atoms. The van der Waals surface area contributed by atoms with Crippen LogP contribution in [0.2, 0.25) is 0 Å². The zero-order chi connectivity index (χ0) is 14.5. The number of nitrogens with zero attached hydrogens (tertiary/aromatic N) is 2. The Labute approximate surface area is 137 Å². The zero-order valence-electron chi connectivity index (χ0n) is 12.4. The fourth-order valence-electron chi connectivity index (χ4n) is 2.40. The lowest BCUT2D eigenvalue weighted by Gasteiger charge is -2.02. The van der Waals surface area contributed by atoms with Gasteiger partial charge in [-0.3, -0.25) is 4.68 Å². The van der Waals surface area contributed by atoms with Crippen molar-refractivity contribution in [2.24, 2.45) is 5.73 Å². The molecular weight excluding hydrogens is 294 g/mol. The highest BCUT2D eigenvalue weighted by atomic mass is 35.5. The number of nitrogens with two attached hydrogens (primary N) is 1. The van der Waals surface area contributed by atoms with Crippen LogP contribution in [0.15, 0.2) is 67.0 Å². The smallest absolute Gasteiger partial charge is 0.0659 e. The minimum atomic E-state index is 0. The summed E-state index contributed by atoms with van der Waals surface area (Å²) >= 11 is 0. The van der Waals surface area contributed by atoms with Crippen LogP contribution in [0.3, 0.4) is 0 Å². The molecule has 0 fully saturated rings. The van der Waals surface area contributed by atoms with Crippen LogP contribution < -0.4 is 5.73 Å². The van der Waals surface area contributed by atoms with Crippen molar-refractivity contribution in [1.82, 2.24) is 9.78 Å². The minimum absolute atomic E-state index is 0. The van der Waals surface area contributed by atoms with E-state index in [1.54, 1.807) is 0 Å². The number of benzene rings is 2. The van der Waals surface area contributed by atoms with Crippen LogP contribution in [-0.4, -0.2) is 16.3 Å². The number of aromatic nitrogens is 2. The van der Waals surface area contributed by atoms with E-state index in [9.17, 15) is 0 Å². The number of hydrogen-bond acceptors (Lipinski definition) is 2. The second kappa shape index (κ2) is 7.78. The van der Waals surface area contributed by atoms with E-state index in [1.807, 2.05) is 16.9 Å². The lowest BCUT2D eigenvalue weighted by Crippen LogP contribution is -2.02. The van der Waals surface area contributed by atoms with Crippen molar-refractivity contribution in [2.45, 2.75) is 13.0 Å². The van der Waals surface area contributed by atoms with Crippen LogP contribution in [0.25, 0.3) is 11.1 Å². The summed E-state index contributed by atoms with van der Waals surface area (Å²) in [5.74, 6) is 0. The fourth-order valence-corrected chi connectivity index (χ4v) is 2.40. The van der Waals surface area contributed by atoms with Gasteiger partial charge in [0.1, 0.15) is 0 Å². The van der Waals surface area contributed by atoms with Crippen LogP contribution >= 0.6 is 12.4 Å². The molecule has 0 bridgehead atoms. The monoisotopic (exact) mass is 313 g/mol. The predicted molar refractivity (Wildman–Crippen MR) is 93.2 cm³/mol. The second-order valence-electron chi connectivity index (χ2n) is 5.15. The van der Waals surface area contributed by atoms with E-state index < -0.39 is 0 Å². The first-order valence-corrected chi connectivity index (χ1v) is 7.21. The predicted octanol–water partition coefficient (Wildman–Crippen LogP) is 3.52. The molecule has 0 saturated heterocycles. The van der Waals surface area contributed by atoms with Gasteiger partial charge in [-0.25, -0.2) is 0 Å². The summed E-state index contributed by atoms with van der Waals surface area (Å²) in [6.45, 7) is 1.49. The van der Waals surface area contributed by atoms with E-state index in [4.69, 9.17) is 5.73 Å². The third-order valence-corrected chi connectivity index (χ3v) is 3.54. The van der Waals surface area contributed by atoms with E-state index in [0.29, 0.717) is 6.54 Å². The highest BCUT2D eigenvalue weighted by molar-refractivity contribution is 5.85. The van der Waals surface area contributed by atoms with Gasteiger partial charge in [0, 0.05) is 11.8 Å². The van der Waals surface area contributed by atoms with Crippen LogP contribution in [0.4, 0.5) is 0 Å². The van der Waals surface area contributed by atoms with E-state index in [0.717, 1.165) is 18.5 Å². The summed E-state index contributed by atoms with van der Waals surface area (Å²) in [4.78, 5) is 0. The van der Waals surface area contributed by atoms with Gasteiger partial charge in [0.15, 0.2) is 0 Å². The summed E-state index contributed by atoms with van der Waals surface area (Å²) in [5.41, 5.74) is 10.4. The molecule has 0 amide bonds. The van der Waals surface area contributed by atoms with Crippen molar-refractivity contribution >= 4 is 12.4 Å². The third-order valence-electron chi connectivity index (χ3n) is 3.54. The Hall–Kier alpha value is -2.10. The van der Waals surface area contributed by atoms with Crippen molar-refractivity contribution < 1.29 is 0 Å². The largest absolute Gasteiger partial charge is 0.330 e. The molecule has 4 heteroatoms. The van der Waals surface area contributed by atoms with Crippen LogP contribution in [0.1, 0.15) is 11.1 Å². The molecule has 0 saturated carbocycles. The maximum absolute atomic E-state index is 5.57. The third kappa shape index (κ3) is 3.97. The molecule has 114 valence electrons. The Kier molecular flexibility index (Phi) is 5.75. The number of hydrogen-bond donors (Lipinski definition) is 1. The van der Waals surface area contributed by atoms with Gasteiger partial charge >= 0.3 is 0 Å². The minimum Gasteiger partial charge on any atom is -0.330 e. The van der Waals surface area contributed by atoms with Crippen molar-refractivity contribution in [3.05, 3.63) is 78.1 Å². The van der Waals surface area contributed by atoms with Crippen LogP contribution in [0.5, 0.6) is 0 Å². The first-order chi connectivity index (χ1) is 10.3. The maximum Gasteiger partial charge on any atom is 0.0659 e. The normalized spacial score (nSPS) is 10.2. The molecule has 0 aliphatic carbocycles. The summed E-state index contributed by atoms with van der Waals surface area (Å²) in [6.07, 6.45) is 4.93. The van der Waals surface area contributed by atoms with Crippen molar-refractivity contribution in [3.8, 4) is 11.1 Å². The van der Waals surface area contributed by atoms with Gasteiger partial charge in [0.25, 0.3) is 0 Å². The molecular formula is C18H20ClN3. The molecule has 0 unspecified atom stereocenters. The molecule has 3 rings (SSSR count). The fraction of sp³-hybridized carbons (Fsp3) is 0.167. The molecule has 0 aliphatic rings. The molecule has 3 aromatic rings. The van der Waals surface area contributed by atoms with Gasteiger partial charge in [-0.05, 0) is 29.7 Å². The maximum atomic E-state index is 5.57. The van der Waals surface area contributed by atoms with Crippen molar-refractivity contribution in [1.29, 1.82) is 0 Å². The second-order valence-corrected chi connectivity index (χ2v) is 5.15. The van der Waals surface area contributed by atoms with Crippen LogP contribution in [-0.2, 0) is 13.0 Å². The Balaban J connectivity index is 0.00000176. The highest BCUT2D eigenvalue weighted by Crippen LogP contribution is 2.19. The molecule has 3 nitrogen and oxygen atoms in total. The number of halogens is 1. The van der Waals surface area contributed by atoms with Gasteiger partial charge in [0.2, 0.25) is 0 Å². The van der Waals surface area contributed by atoms with Gasteiger partial charge < -0.3 is 5.73 Å². The average molecular weight is 314 g/mol. The van der Waals surface area contributed by atoms with Gasteiger partial charge in [-0.2, -0.15) is 5.10 Å². The summed E-state index contributed by atoms with van der Waals surface area (Å²) in [7, 11) is 0. The van der Waals surface area contributed by atoms with E-state index in [2.05, 4.69) is 59.8 Å². The van der Waals surface area contributed by atoms with Crippen molar-refractivity contribution in [3.63, 3.8) is 0 Å². The first kappa shape index (κ1) is 16.3.